The highest BCUT2D eigenvalue weighted by molar-refractivity contribution is 5.91. The van der Waals surface area contributed by atoms with Gasteiger partial charge in [0.25, 0.3) is 0 Å². The van der Waals surface area contributed by atoms with Crippen LogP contribution in [-0.2, 0) is 4.79 Å². The molecule has 0 aliphatic carbocycles. The van der Waals surface area contributed by atoms with Crippen molar-refractivity contribution in [2.24, 2.45) is 0 Å². The Morgan fingerprint density at radius 2 is 2.24 bits per heavy atom. The van der Waals surface area contributed by atoms with Gasteiger partial charge in [0, 0.05) is 25.7 Å². The molecule has 4 nitrogen and oxygen atoms in total. The molecule has 0 radical (unpaired) electrons. The highest BCUT2D eigenvalue weighted by Gasteiger charge is 2.10. The van der Waals surface area contributed by atoms with Crippen LogP contribution in [0.3, 0.4) is 0 Å². The monoisotopic (exact) mass is 235 g/mol. The van der Waals surface area contributed by atoms with Gasteiger partial charge in [0.15, 0.2) is 0 Å². The highest BCUT2D eigenvalue weighted by Crippen LogP contribution is 2.08. The molecule has 1 heterocycles. The standard InChI is InChI=1S/C13H21N3O/c1-11(2)14-10-6-8-13(17)16(3)12-7-4-5-9-15-12/h4-5,7,9,11,14H,6,8,10H2,1-3H3. The van der Waals surface area contributed by atoms with Crippen LogP contribution in [0.4, 0.5) is 5.82 Å². The summed E-state index contributed by atoms with van der Waals surface area (Å²) >= 11 is 0. The number of amides is 1. The Labute approximate surface area is 103 Å². The number of aromatic nitrogens is 1. The van der Waals surface area contributed by atoms with Gasteiger partial charge in [-0.15, -0.1) is 0 Å². The predicted molar refractivity (Wildman–Crippen MR) is 70.0 cm³/mol. The van der Waals surface area contributed by atoms with Crippen molar-refractivity contribution in [1.29, 1.82) is 0 Å². The fraction of sp³-hybridized carbons (Fsp3) is 0.538. The number of carbonyl (C=O) groups is 1. The normalized spacial score (nSPS) is 10.6. The lowest BCUT2D eigenvalue weighted by molar-refractivity contribution is -0.118. The van der Waals surface area contributed by atoms with Gasteiger partial charge in [0.05, 0.1) is 0 Å². The third-order valence-corrected chi connectivity index (χ3v) is 2.49. The quantitative estimate of drug-likeness (QED) is 0.765. The van der Waals surface area contributed by atoms with E-state index in [1.807, 2.05) is 18.2 Å². The van der Waals surface area contributed by atoms with Gasteiger partial charge in [0.1, 0.15) is 5.82 Å². The van der Waals surface area contributed by atoms with Crippen LogP contribution < -0.4 is 10.2 Å². The van der Waals surface area contributed by atoms with Gasteiger partial charge in [-0.1, -0.05) is 19.9 Å². The van der Waals surface area contributed by atoms with E-state index in [1.54, 1.807) is 18.1 Å². The maximum absolute atomic E-state index is 11.8. The summed E-state index contributed by atoms with van der Waals surface area (Å²) < 4.78 is 0. The first-order valence-corrected chi connectivity index (χ1v) is 6.02. The second kappa shape index (κ2) is 7.01. The Hall–Kier alpha value is -1.42. The van der Waals surface area contributed by atoms with Crippen LogP contribution in [0, 0.1) is 0 Å². The summed E-state index contributed by atoms with van der Waals surface area (Å²) in [5.41, 5.74) is 0. The Morgan fingerprint density at radius 1 is 1.47 bits per heavy atom. The van der Waals surface area contributed by atoms with Crippen molar-refractivity contribution in [2.45, 2.75) is 32.7 Å². The van der Waals surface area contributed by atoms with E-state index in [4.69, 9.17) is 0 Å². The van der Waals surface area contributed by atoms with E-state index in [-0.39, 0.29) is 5.91 Å². The maximum Gasteiger partial charge on any atom is 0.227 e. The Bertz CT molecular complexity index is 338. The zero-order valence-electron chi connectivity index (χ0n) is 10.8. The van der Waals surface area contributed by atoms with Crippen LogP contribution in [0.15, 0.2) is 24.4 Å². The largest absolute Gasteiger partial charge is 0.315 e. The van der Waals surface area contributed by atoms with Gasteiger partial charge in [0.2, 0.25) is 5.91 Å². The van der Waals surface area contributed by atoms with Gasteiger partial charge in [-0.25, -0.2) is 4.98 Å². The molecule has 94 valence electrons. The topological polar surface area (TPSA) is 45.2 Å². The molecule has 0 bridgehead atoms. The molecule has 4 heteroatoms. The second-order valence-corrected chi connectivity index (χ2v) is 4.35. The number of hydrogen-bond acceptors (Lipinski definition) is 3. The van der Waals surface area contributed by atoms with E-state index in [0.717, 1.165) is 13.0 Å². The predicted octanol–water partition coefficient (Wildman–Crippen LogP) is 1.82. The summed E-state index contributed by atoms with van der Waals surface area (Å²) in [6.45, 7) is 5.07. The van der Waals surface area contributed by atoms with Crippen molar-refractivity contribution in [3.05, 3.63) is 24.4 Å². The number of anilines is 1. The fourth-order valence-corrected chi connectivity index (χ4v) is 1.48. The molecular weight excluding hydrogens is 214 g/mol. The molecule has 1 N–H and O–H groups in total. The Kier molecular flexibility index (Phi) is 5.63. The molecule has 0 spiro atoms. The molecule has 0 atom stereocenters. The first kappa shape index (κ1) is 13.6. The lowest BCUT2D eigenvalue weighted by Gasteiger charge is -2.16. The molecule has 1 aromatic heterocycles. The van der Waals surface area contributed by atoms with Crippen molar-refractivity contribution in [3.8, 4) is 0 Å². The SMILES string of the molecule is CC(C)NCCCC(=O)N(C)c1ccccn1. The zero-order valence-corrected chi connectivity index (χ0v) is 10.8. The summed E-state index contributed by atoms with van der Waals surface area (Å²) in [5.74, 6) is 0.809. The Morgan fingerprint density at radius 3 is 2.82 bits per heavy atom. The highest BCUT2D eigenvalue weighted by atomic mass is 16.2. The van der Waals surface area contributed by atoms with E-state index in [1.165, 1.54) is 0 Å². The van der Waals surface area contributed by atoms with Crippen molar-refractivity contribution in [3.63, 3.8) is 0 Å². The zero-order chi connectivity index (χ0) is 12.7. The van der Waals surface area contributed by atoms with Gasteiger partial charge < -0.3 is 5.32 Å². The van der Waals surface area contributed by atoms with Crippen LogP contribution in [0.1, 0.15) is 26.7 Å². The van der Waals surface area contributed by atoms with Crippen molar-refractivity contribution >= 4 is 11.7 Å². The lowest BCUT2D eigenvalue weighted by Crippen LogP contribution is -2.29. The van der Waals surface area contributed by atoms with E-state index in [9.17, 15) is 4.79 Å². The lowest BCUT2D eigenvalue weighted by atomic mass is 10.2. The Balaban J connectivity index is 2.33. The minimum absolute atomic E-state index is 0.106. The van der Waals surface area contributed by atoms with Crippen LogP contribution in [-0.4, -0.2) is 30.5 Å². The third kappa shape index (κ3) is 4.95. The van der Waals surface area contributed by atoms with Crippen molar-refractivity contribution in [1.82, 2.24) is 10.3 Å². The molecule has 0 saturated carbocycles. The first-order chi connectivity index (χ1) is 8.11. The molecule has 1 aromatic rings. The van der Waals surface area contributed by atoms with Crippen LogP contribution >= 0.6 is 0 Å². The summed E-state index contributed by atoms with van der Waals surface area (Å²) in [6, 6.07) is 6.03. The summed E-state index contributed by atoms with van der Waals surface area (Å²) in [7, 11) is 1.76. The number of carbonyl (C=O) groups excluding carboxylic acids is 1. The summed E-state index contributed by atoms with van der Waals surface area (Å²) in [4.78, 5) is 17.6. The van der Waals surface area contributed by atoms with Gasteiger partial charge in [-0.2, -0.15) is 0 Å². The van der Waals surface area contributed by atoms with Crippen LogP contribution in [0.25, 0.3) is 0 Å². The molecular formula is C13H21N3O. The third-order valence-electron chi connectivity index (χ3n) is 2.49. The summed E-state index contributed by atoms with van der Waals surface area (Å²) in [6.07, 6.45) is 3.10. The summed E-state index contributed by atoms with van der Waals surface area (Å²) in [5, 5.41) is 3.29. The molecule has 0 aliphatic heterocycles. The first-order valence-electron chi connectivity index (χ1n) is 6.02. The van der Waals surface area contributed by atoms with Crippen LogP contribution in [0.2, 0.25) is 0 Å². The van der Waals surface area contributed by atoms with Crippen molar-refractivity contribution in [2.75, 3.05) is 18.5 Å². The molecule has 17 heavy (non-hydrogen) atoms. The minimum atomic E-state index is 0.106. The molecule has 0 aliphatic rings. The van der Waals surface area contributed by atoms with E-state index in [0.29, 0.717) is 18.3 Å². The fourth-order valence-electron chi connectivity index (χ4n) is 1.48. The van der Waals surface area contributed by atoms with Gasteiger partial charge in [-0.05, 0) is 25.1 Å². The average Bonchev–Trinajstić information content (AvgIpc) is 2.34. The molecule has 0 aromatic carbocycles. The molecule has 1 amide bonds. The molecule has 1 rings (SSSR count). The van der Waals surface area contributed by atoms with Gasteiger partial charge >= 0.3 is 0 Å². The average molecular weight is 235 g/mol. The van der Waals surface area contributed by atoms with Gasteiger partial charge in [-0.3, -0.25) is 9.69 Å². The van der Waals surface area contributed by atoms with Crippen LogP contribution in [0.5, 0.6) is 0 Å². The number of pyridine rings is 1. The number of rotatable bonds is 6. The maximum atomic E-state index is 11.8. The molecule has 0 saturated heterocycles. The number of nitrogens with zero attached hydrogens (tertiary/aromatic N) is 2. The van der Waals surface area contributed by atoms with Crippen molar-refractivity contribution < 1.29 is 4.79 Å². The van der Waals surface area contributed by atoms with E-state index in [2.05, 4.69) is 24.1 Å². The number of nitrogens with one attached hydrogen (secondary N) is 1. The van der Waals surface area contributed by atoms with E-state index >= 15 is 0 Å². The second-order valence-electron chi connectivity index (χ2n) is 4.35. The molecule has 0 unspecified atom stereocenters. The number of hydrogen-bond donors (Lipinski definition) is 1. The molecule has 0 fully saturated rings. The minimum Gasteiger partial charge on any atom is -0.315 e. The van der Waals surface area contributed by atoms with E-state index < -0.39 is 0 Å². The smallest absolute Gasteiger partial charge is 0.227 e.